The summed E-state index contributed by atoms with van der Waals surface area (Å²) >= 11 is 0. The Morgan fingerprint density at radius 3 is 0.517 bits per heavy atom. The van der Waals surface area contributed by atoms with E-state index in [9.17, 15) is 58.8 Å². The molecular formula is C8H8N4O16Ti. The number of carboxylic acids is 4. The van der Waals surface area contributed by atoms with Gasteiger partial charge in [-0.05, 0) is 0 Å². The summed E-state index contributed by atoms with van der Waals surface area (Å²) in [5, 5.41) is 37.1. The molecule has 21 heteroatoms. The quantitative estimate of drug-likeness (QED) is 0.147. The van der Waals surface area contributed by atoms with Gasteiger partial charge in [0.25, 0.3) is 0 Å². The number of aliphatic carboxylic acids is 4. The molecule has 160 valence electrons. The first-order valence-corrected chi connectivity index (χ1v) is 5.21. The Kier molecular flexibility index (Phi) is 28.0. The summed E-state index contributed by atoms with van der Waals surface area (Å²) in [6.07, 6.45) is 0. The summed E-state index contributed by atoms with van der Waals surface area (Å²) in [6.45, 7) is 0. The van der Waals surface area contributed by atoms with E-state index in [1.807, 2.05) is 0 Å². The third-order valence-electron chi connectivity index (χ3n) is 1.09. The molecule has 0 bridgehead atoms. The van der Waals surface area contributed by atoms with Gasteiger partial charge in [0.2, 0.25) is 0 Å². The van der Waals surface area contributed by atoms with Gasteiger partial charge >= 0.3 is 45.6 Å². The number of hydrogen-bond donors (Lipinski definition) is 4. The van der Waals surface area contributed by atoms with Crippen molar-refractivity contribution >= 4 is 47.8 Å². The molecular weight excluding hydrogens is 456 g/mol. The Morgan fingerprint density at radius 2 is 0.517 bits per heavy atom. The first-order chi connectivity index (χ1) is 12.7. The molecule has 0 amide bonds. The Balaban J connectivity index is -0.0000000873. The number of carbonyl (C=O) groups excluding carboxylic acids is 8. The largest absolute Gasteiger partial charge is 4.00 e. The average Bonchev–Trinajstić information content (AvgIpc) is 2.66. The van der Waals surface area contributed by atoms with E-state index in [1.165, 1.54) is 0 Å². The van der Waals surface area contributed by atoms with E-state index >= 15 is 0 Å². The molecule has 0 aliphatic carbocycles. The Labute approximate surface area is 171 Å². The molecule has 0 aliphatic heterocycles. The second-order valence-electron chi connectivity index (χ2n) is 2.77. The van der Waals surface area contributed by atoms with E-state index in [0.29, 0.717) is 0 Å². The molecule has 0 aromatic carbocycles. The van der Waals surface area contributed by atoms with Gasteiger partial charge in [0.05, 0.1) is 0 Å². The maximum atomic E-state index is 9.50. The topological polar surface area (TPSA) is 370 Å². The summed E-state index contributed by atoms with van der Waals surface area (Å²) in [5.41, 5.74) is 0. The molecule has 0 heterocycles. The van der Waals surface area contributed by atoms with Crippen molar-refractivity contribution in [2.75, 3.05) is 0 Å². The Bertz CT molecular complexity index is 502. The first kappa shape index (κ1) is 36.3. The zero-order valence-electron chi connectivity index (χ0n) is 13.3. The number of rotatable bonds is 0. The van der Waals surface area contributed by atoms with E-state index in [4.69, 9.17) is 0 Å². The summed E-state index contributed by atoms with van der Waals surface area (Å²) in [6, 6.07) is 0. The van der Waals surface area contributed by atoms with E-state index in [1.54, 1.807) is 0 Å². The molecule has 0 aromatic heterocycles. The van der Waals surface area contributed by atoms with Crippen LogP contribution in [0.3, 0.4) is 0 Å². The van der Waals surface area contributed by atoms with Crippen LogP contribution < -0.4 is 44.0 Å². The van der Waals surface area contributed by atoms with Crippen LogP contribution in [0.25, 0.3) is 0 Å². The van der Waals surface area contributed by atoms with Crippen molar-refractivity contribution in [2.45, 2.75) is 0 Å². The standard InChI is InChI=1S/4C2H3NO4.Ti/c4*3-7-2(6)1(4)5;/h4*3H2,(H,4,5);/q;;;;+4/p-4. The Hall–Kier alpha value is -3.69. The third kappa shape index (κ3) is 29.3. The smallest absolute Gasteiger partial charge is 0.539 e. The molecule has 0 fully saturated rings. The van der Waals surface area contributed by atoms with Crippen molar-refractivity contribution in [3.63, 3.8) is 0 Å². The molecule has 0 radical (unpaired) electrons. The fraction of sp³-hybridized carbons (Fsp3) is 0. The predicted molar refractivity (Wildman–Crippen MR) is 61.1 cm³/mol. The van der Waals surface area contributed by atoms with E-state index < -0.39 is 47.8 Å². The maximum absolute atomic E-state index is 9.50. The van der Waals surface area contributed by atoms with Crippen LogP contribution in [0.15, 0.2) is 0 Å². The molecule has 0 atom stereocenters. The molecule has 0 saturated heterocycles. The van der Waals surface area contributed by atoms with Crippen LogP contribution in [-0.2, 0) is 79.4 Å². The second-order valence-corrected chi connectivity index (χ2v) is 2.77. The minimum absolute atomic E-state index is 0. The van der Waals surface area contributed by atoms with Gasteiger partial charge in [-0.2, -0.15) is 23.6 Å². The summed E-state index contributed by atoms with van der Waals surface area (Å²) in [7, 11) is 0. The molecule has 0 unspecified atom stereocenters. The molecule has 0 saturated carbocycles. The molecule has 0 aliphatic rings. The normalized spacial score (nSPS) is 7.31. The summed E-state index contributed by atoms with van der Waals surface area (Å²) in [5.74, 6) is 2.36. The zero-order chi connectivity index (χ0) is 23.4. The van der Waals surface area contributed by atoms with Crippen molar-refractivity contribution < 1.29 is 99.9 Å². The van der Waals surface area contributed by atoms with Crippen molar-refractivity contribution in [3.8, 4) is 0 Å². The van der Waals surface area contributed by atoms with E-state index in [2.05, 4.69) is 42.9 Å². The van der Waals surface area contributed by atoms with Crippen molar-refractivity contribution in [3.05, 3.63) is 0 Å². The van der Waals surface area contributed by atoms with Crippen LogP contribution in [0.2, 0.25) is 0 Å². The minimum Gasteiger partial charge on any atom is -0.539 e. The van der Waals surface area contributed by atoms with Crippen molar-refractivity contribution in [1.82, 2.24) is 0 Å². The summed E-state index contributed by atoms with van der Waals surface area (Å²) < 4.78 is 0. The van der Waals surface area contributed by atoms with E-state index in [-0.39, 0.29) is 21.7 Å². The molecule has 20 nitrogen and oxygen atoms in total. The van der Waals surface area contributed by atoms with E-state index in [0.717, 1.165) is 0 Å². The van der Waals surface area contributed by atoms with Gasteiger partial charge < -0.3 is 59.0 Å². The van der Waals surface area contributed by atoms with Gasteiger partial charge in [-0.25, -0.2) is 19.2 Å². The van der Waals surface area contributed by atoms with Crippen LogP contribution >= 0.6 is 0 Å². The van der Waals surface area contributed by atoms with Crippen LogP contribution in [0.5, 0.6) is 0 Å². The Morgan fingerprint density at radius 1 is 0.414 bits per heavy atom. The van der Waals surface area contributed by atoms with Gasteiger partial charge in [0, 0.05) is 0 Å². The number of nitrogens with two attached hydrogens (primary N) is 4. The summed E-state index contributed by atoms with van der Waals surface area (Å²) in [4.78, 5) is 87.9. The number of carbonyl (C=O) groups is 8. The van der Waals surface area contributed by atoms with Crippen molar-refractivity contribution in [2.24, 2.45) is 23.6 Å². The molecule has 29 heavy (non-hydrogen) atoms. The fourth-order valence-electron chi connectivity index (χ4n) is 0.192. The minimum atomic E-state index is -1.94. The van der Waals surface area contributed by atoms with Gasteiger partial charge in [-0.15, -0.1) is 0 Å². The van der Waals surface area contributed by atoms with Crippen LogP contribution in [0.1, 0.15) is 0 Å². The molecule has 0 rings (SSSR count). The maximum Gasteiger partial charge on any atom is 4.00 e. The van der Waals surface area contributed by atoms with Gasteiger partial charge in [0.1, 0.15) is 0 Å². The number of carboxylic acid groups (broad SMARTS) is 4. The molecule has 0 spiro atoms. The third-order valence-corrected chi connectivity index (χ3v) is 1.09. The second kappa shape index (κ2) is 22.4. The zero-order valence-corrected chi connectivity index (χ0v) is 14.9. The molecule has 0 aromatic rings. The fourth-order valence-corrected chi connectivity index (χ4v) is 0.192. The SMILES string of the molecule is NOC(=O)C(=O)[O-].NOC(=O)C(=O)[O-].NOC(=O)C(=O)[O-].NOC(=O)C(=O)[O-].[Ti+4]. The predicted octanol–water partition coefficient (Wildman–Crippen LogP) is -11.4. The monoisotopic (exact) mass is 464 g/mol. The molecule has 8 N–H and O–H groups in total. The first-order valence-electron chi connectivity index (χ1n) is 5.21. The van der Waals surface area contributed by atoms with Crippen LogP contribution in [0, 0.1) is 0 Å². The average molecular weight is 464 g/mol. The van der Waals surface area contributed by atoms with Crippen LogP contribution in [0.4, 0.5) is 0 Å². The number of hydrogen-bond acceptors (Lipinski definition) is 20. The van der Waals surface area contributed by atoms with Gasteiger partial charge in [0.15, 0.2) is 23.9 Å². The van der Waals surface area contributed by atoms with Gasteiger partial charge in [-0.1, -0.05) is 0 Å². The van der Waals surface area contributed by atoms with Crippen LogP contribution in [-0.4, -0.2) is 47.8 Å². The van der Waals surface area contributed by atoms with Gasteiger partial charge in [-0.3, -0.25) is 0 Å². The van der Waals surface area contributed by atoms with Crippen molar-refractivity contribution in [1.29, 1.82) is 0 Å².